The molecule has 6 heteroatoms. The Morgan fingerprint density at radius 1 is 1.37 bits per heavy atom. The van der Waals surface area contributed by atoms with Crippen LogP contribution in [0.25, 0.3) is 20.9 Å². The van der Waals surface area contributed by atoms with Crippen LogP contribution in [0.15, 0.2) is 30.6 Å². The summed E-state index contributed by atoms with van der Waals surface area (Å²) in [6, 6.07) is 5.37. The number of aryl methyl sites for hydroxylation is 1. The maximum absolute atomic E-state index is 11.1. The summed E-state index contributed by atoms with van der Waals surface area (Å²) in [7, 11) is 0. The molecule has 0 aromatic carbocycles. The van der Waals surface area contributed by atoms with E-state index in [-0.39, 0.29) is 5.56 Å². The van der Waals surface area contributed by atoms with Crippen LogP contribution in [0.1, 0.15) is 16.1 Å². The molecule has 0 spiro atoms. The first-order valence-electron chi connectivity index (χ1n) is 5.57. The molecule has 1 N–H and O–H groups in total. The first-order chi connectivity index (χ1) is 9.15. The SMILES string of the molecule is Cc1nc2nc(-c3cccnc3)sc2cc1C(=O)O. The average molecular weight is 271 g/mol. The van der Waals surface area contributed by atoms with Gasteiger partial charge in [-0.1, -0.05) is 0 Å². The van der Waals surface area contributed by atoms with Gasteiger partial charge in [0.1, 0.15) is 5.01 Å². The van der Waals surface area contributed by atoms with Gasteiger partial charge < -0.3 is 5.11 Å². The first-order valence-corrected chi connectivity index (χ1v) is 6.38. The molecular formula is C13H9N3O2S. The fraction of sp³-hybridized carbons (Fsp3) is 0.0769. The molecule has 0 amide bonds. The summed E-state index contributed by atoms with van der Waals surface area (Å²) < 4.78 is 0.766. The lowest BCUT2D eigenvalue weighted by Gasteiger charge is -1.97. The van der Waals surface area contributed by atoms with Crippen LogP contribution in [0.4, 0.5) is 0 Å². The Morgan fingerprint density at radius 2 is 2.21 bits per heavy atom. The minimum absolute atomic E-state index is 0.217. The number of aromatic carboxylic acids is 1. The monoisotopic (exact) mass is 271 g/mol. The number of hydrogen-bond donors (Lipinski definition) is 1. The molecule has 0 saturated carbocycles. The molecule has 3 aromatic heterocycles. The highest BCUT2D eigenvalue weighted by molar-refractivity contribution is 7.21. The quantitative estimate of drug-likeness (QED) is 0.775. The lowest BCUT2D eigenvalue weighted by Crippen LogP contribution is -2.01. The number of carbonyl (C=O) groups is 1. The third-order valence-electron chi connectivity index (χ3n) is 2.71. The third-order valence-corrected chi connectivity index (χ3v) is 3.75. The minimum atomic E-state index is -0.969. The van der Waals surface area contributed by atoms with Crippen LogP contribution in [-0.2, 0) is 0 Å². The number of rotatable bonds is 2. The van der Waals surface area contributed by atoms with Crippen LogP contribution >= 0.6 is 11.3 Å². The second kappa shape index (κ2) is 4.40. The average Bonchev–Trinajstić information content (AvgIpc) is 2.81. The molecule has 0 saturated heterocycles. The van der Waals surface area contributed by atoms with Crippen molar-refractivity contribution >= 4 is 27.7 Å². The van der Waals surface area contributed by atoms with E-state index in [0.717, 1.165) is 15.3 Å². The summed E-state index contributed by atoms with van der Waals surface area (Å²) in [5.74, 6) is -0.969. The lowest BCUT2D eigenvalue weighted by molar-refractivity contribution is 0.0696. The number of fused-ring (bicyclic) bond motifs is 1. The second-order valence-electron chi connectivity index (χ2n) is 4.01. The van der Waals surface area contributed by atoms with Crippen molar-refractivity contribution in [2.45, 2.75) is 6.92 Å². The zero-order chi connectivity index (χ0) is 13.4. The molecule has 0 unspecified atom stereocenters. The van der Waals surface area contributed by atoms with Crippen molar-refractivity contribution in [1.29, 1.82) is 0 Å². The Hall–Kier alpha value is -2.34. The molecule has 19 heavy (non-hydrogen) atoms. The van der Waals surface area contributed by atoms with Gasteiger partial charge in [0, 0.05) is 18.0 Å². The van der Waals surface area contributed by atoms with Crippen LogP contribution < -0.4 is 0 Å². The largest absolute Gasteiger partial charge is 0.478 e. The van der Waals surface area contributed by atoms with Crippen LogP contribution in [-0.4, -0.2) is 26.0 Å². The van der Waals surface area contributed by atoms with Gasteiger partial charge in [0.2, 0.25) is 0 Å². The Labute approximate surface area is 112 Å². The molecule has 94 valence electrons. The van der Waals surface area contributed by atoms with Gasteiger partial charge in [-0.15, -0.1) is 11.3 Å². The van der Waals surface area contributed by atoms with Gasteiger partial charge in [-0.25, -0.2) is 14.8 Å². The molecule has 3 aromatic rings. The summed E-state index contributed by atoms with van der Waals surface area (Å²) in [6.45, 7) is 1.67. The Kier molecular flexibility index (Phi) is 2.72. The Bertz CT molecular complexity index is 768. The van der Waals surface area contributed by atoms with E-state index in [1.54, 1.807) is 25.4 Å². The van der Waals surface area contributed by atoms with E-state index in [1.165, 1.54) is 11.3 Å². The highest BCUT2D eigenvalue weighted by Gasteiger charge is 2.13. The van der Waals surface area contributed by atoms with Gasteiger partial charge in [-0.2, -0.15) is 0 Å². The van der Waals surface area contributed by atoms with E-state index in [0.29, 0.717) is 11.3 Å². The van der Waals surface area contributed by atoms with Gasteiger partial charge >= 0.3 is 5.97 Å². The molecular weight excluding hydrogens is 262 g/mol. The van der Waals surface area contributed by atoms with Crippen LogP contribution in [0.3, 0.4) is 0 Å². The highest BCUT2D eigenvalue weighted by Crippen LogP contribution is 2.29. The van der Waals surface area contributed by atoms with Crippen molar-refractivity contribution < 1.29 is 9.90 Å². The first kappa shape index (κ1) is 11.7. The summed E-state index contributed by atoms with van der Waals surface area (Å²) >= 11 is 1.41. The van der Waals surface area contributed by atoms with E-state index in [4.69, 9.17) is 5.11 Å². The van der Waals surface area contributed by atoms with Crippen molar-refractivity contribution in [1.82, 2.24) is 15.0 Å². The summed E-state index contributed by atoms with van der Waals surface area (Å²) in [5.41, 5.74) is 2.17. The van der Waals surface area contributed by atoms with E-state index in [1.807, 2.05) is 12.1 Å². The molecule has 0 radical (unpaired) electrons. The standard InChI is InChI=1S/C13H9N3O2S/c1-7-9(13(17)18)5-10-11(15-7)16-12(19-10)8-3-2-4-14-6-8/h2-6H,1H3,(H,17,18). The smallest absolute Gasteiger partial charge is 0.337 e. The molecule has 0 aliphatic rings. The molecule has 0 aliphatic heterocycles. The van der Waals surface area contributed by atoms with E-state index in [9.17, 15) is 4.79 Å². The van der Waals surface area contributed by atoms with Crippen molar-refractivity contribution in [2.75, 3.05) is 0 Å². The number of aromatic nitrogens is 3. The number of pyridine rings is 2. The van der Waals surface area contributed by atoms with Gasteiger partial charge in [-0.05, 0) is 25.1 Å². The fourth-order valence-corrected chi connectivity index (χ4v) is 2.72. The van der Waals surface area contributed by atoms with Crippen molar-refractivity contribution in [3.05, 3.63) is 41.9 Å². The predicted octanol–water partition coefficient (Wildman–Crippen LogP) is 2.76. The zero-order valence-electron chi connectivity index (χ0n) is 9.99. The number of carboxylic acids is 1. The van der Waals surface area contributed by atoms with Crippen molar-refractivity contribution in [3.8, 4) is 10.6 Å². The molecule has 3 heterocycles. The predicted molar refractivity (Wildman–Crippen MR) is 72.3 cm³/mol. The van der Waals surface area contributed by atoms with Crippen molar-refractivity contribution in [2.24, 2.45) is 0 Å². The number of carboxylic acid groups (broad SMARTS) is 1. The molecule has 3 rings (SSSR count). The fourth-order valence-electron chi connectivity index (χ4n) is 1.78. The highest BCUT2D eigenvalue weighted by atomic mass is 32.1. The van der Waals surface area contributed by atoms with Gasteiger partial charge in [0.05, 0.1) is 16.0 Å². The van der Waals surface area contributed by atoms with Crippen LogP contribution in [0, 0.1) is 6.92 Å². The summed E-state index contributed by atoms with van der Waals surface area (Å²) in [4.78, 5) is 23.8. The van der Waals surface area contributed by atoms with Gasteiger partial charge in [0.25, 0.3) is 0 Å². The molecule has 0 atom stereocenters. The lowest BCUT2D eigenvalue weighted by atomic mass is 10.2. The van der Waals surface area contributed by atoms with Gasteiger partial charge in [0.15, 0.2) is 5.65 Å². The molecule has 0 fully saturated rings. The summed E-state index contributed by atoms with van der Waals surface area (Å²) in [5, 5.41) is 9.87. The number of hydrogen-bond acceptors (Lipinski definition) is 5. The topological polar surface area (TPSA) is 76.0 Å². The van der Waals surface area contributed by atoms with Crippen LogP contribution in [0.2, 0.25) is 0 Å². The summed E-state index contributed by atoms with van der Waals surface area (Å²) in [6.07, 6.45) is 3.42. The molecule has 0 bridgehead atoms. The second-order valence-corrected chi connectivity index (χ2v) is 5.04. The van der Waals surface area contributed by atoms with E-state index in [2.05, 4.69) is 15.0 Å². The third kappa shape index (κ3) is 2.06. The van der Waals surface area contributed by atoms with Gasteiger partial charge in [-0.3, -0.25) is 4.98 Å². The number of thiazole rings is 1. The Balaban J connectivity index is 2.19. The van der Waals surface area contributed by atoms with E-state index < -0.39 is 5.97 Å². The molecule has 0 aliphatic carbocycles. The number of nitrogens with zero attached hydrogens (tertiary/aromatic N) is 3. The van der Waals surface area contributed by atoms with Crippen molar-refractivity contribution in [3.63, 3.8) is 0 Å². The zero-order valence-corrected chi connectivity index (χ0v) is 10.8. The van der Waals surface area contributed by atoms with Crippen LogP contribution in [0.5, 0.6) is 0 Å². The van der Waals surface area contributed by atoms with E-state index >= 15 is 0 Å². The maximum atomic E-state index is 11.1. The maximum Gasteiger partial charge on any atom is 0.337 e. The minimum Gasteiger partial charge on any atom is -0.478 e. The normalized spacial score (nSPS) is 10.8. The Morgan fingerprint density at radius 3 is 2.89 bits per heavy atom. The molecule has 5 nitrogen and oxygen atoms in total.